The molecule has 0 radical (unpaired) electrons. The zero-order chi connectivity index (χ0) is 22.6. The normalized spacial score (nSPS) is 18.9. The van der Waals surface area contributed by atoms with Crippen LogP contribution in [-0.4, -0.2) is 39.8 Å². The summed E-state index contributed by atoms with van der Waals surface area (Å²) in [6, 6.07) is 4.93. The van der Waals surface area contributed by atoms with Crippen LogP contribution in [0.2, 0.25) is 10.0 Å². The minimum absolute atomic E-state index is 0.0649. The third-order valence-electron chi connectivity index (χ3n) is 6.53. The van der Waals surface area contributed by atoms with E-state index in [0.717, 1.165) is 11.1 Å². The van der Waals surface area contributed by atoms with Crippen LogP contribution in [0.1, 0.15) is 37.5 Å². The van der Waals surface area contributed by atoms with E-state index in [1.807, 2.05) is 23.1 Å². The Bertz CT molecular complexity index is 1170. The van der Waals surface area contributed by atoms with Gasteiger partial charge in [0.25, 0.3) is 0 Å². The quantitative estimate of drug-likeness (QED) is 0.501. The molecule has 0 unspecified atom stereocenters. The molecule has 1 aliphatic heterocycles. The lowest BCUT2D eigenvalue weighted by Gasteiger charge is -2.58. The molecule has 168 valence electrons. The van der Waals surface area contributed by atoms with Crippen LogP contribution >= 0.6 is 23.2 Å². The Kier molecular flexibility index (Phi) is 5.31. The van der Waals surface area contributed by atoms with Crippen LogP contribution in [0, 0.1) is 11.2 Å². The Balaban J connectivity index is 1.34. The van der Waals surface area contributed by atoms with Crippen molar-refractivity contribution in [1.29, 1.82) is 0 Å². The average Bonchev–Trinajstić information content (AvgIpc) is 3.18. The first-order valence-electron chi connectivity index (χ1n) is 10.5. The van der Waals surface area contributed by atoms with Crippen molar-refractivity contribution in [2.75, 3.05) is 25.9 Å². The van der Waals surface area contributed by atoms with E-state index in [9.17, 15) is 4.39 Å². The van der Waals surface area contributed by atoms with Gasteiger partial charge in [-0.1, -0.05) is 23.2 Å². The smallest absolute Gasteiger partial charge is 0.166 e. The van der Waals surface area contributed by atoms with Gasteiger partial charge in [0.2, 0.25) is 0 Å². The van der Waals surface area contributed by atoms with E-state index in [1.54, 1.807) is 13.1 Å². The molecule has 1 aliphatic carbocycles. The van der Waals surface area contributed by atoms with Gasteiger partial charge in [0.15, 0.2) is 11.6 Å². The molecule has 1 atom stereocenters. The lowest BCUT2D eigenvalue weighted by atomic mass is 9.61. The van der Waals surface area contributed by atoms with Crippen molar-refractivity contribution in [3.63, 3.8) is 0 Å². The van der Waals surface area contributed by atoms with Crippen molar-refractivity contribution in [2.45, 2.75) is 31.9 Å². The number of halogens is 3. The molecule has 0 bridgehead atoms. The topological polar surface area (TPSA) is 69.2 Å². The van der Waals surface area contributed by atoms with Crippen LogP contribution in [0.5, 0.6) is 5.75 Å². The summed E-state index contributed by atoms with van der Waals surface area (Å²) in [6.07, 6.45) is 7.28. The molecule has 3 heterocycles. The highest BCUT2D eigenvalue weighted by Crippen LogP contribution is 2.53. The van der Waals surface area contributed by atoms with Crippen molar-refractivity contribution < 1.29 is 9.13 Å². The zero-order valence-electron chi connectivity index (χ0n) is 17.9. The monoisotopic (exact) mass is 475 g/mol. The molecule has 6 nitrogen and oxygen atoms in total. The predicted octanol–water partition coefficient (Wildman–Crippen LogP) is 5.38. The Morgan fingerprint density at radius 1 is 1.22 bits per heavy atom. The van der Waals surface area contributed by atoms with Crippen LogP contribution in [0.4, 0.5) is 10.2 Å². The van der Waals surface area contributed by atoms with Gasteiger partial charge < -0.3 is 15.4 Å². The molecule has 1 aromatic carbocycles. The van der Waals surface area contributed by atoms with E-state index in [0.29, 0.717) is 27.8 Å². The van der Waals surface area contributed by atoms with E-state index >= 15 is 0 Å². The molecule has 1 saturated heterocycles. The van der Waals surface area contributed by atoms with Gasteiger partial charge in [-0.05, 0) is 50.4 Å². The molecule has 2 aliphatic rings. The molecule has 1 spiro atoms. The fourth-order valence-corrected chi connectivity index (χ4v) is 5.72. The zero-order valence-corrected chi connectivity index (χ0v) is 19.4. The summed E-state index contributed by atoms with van der Waals surface area (Å²) in [7, 11) is 2.16. The average molecular weight is 476 g/mol. The maximum absolute atomic E-state index is 13.9. The van der Waals surface area contributed by atoms with Gasteiger partial charge in [0, 0.05) is 47.2 Å². The molecule has 2 aromatic heterocycles. The van der Waals surface area contributed by atoms with E-state index < -0.39 is 11.9 Å². The number of hydrogen-bond donors (Lipinski definition) is 1. The first-order chi connectivity index (χ1) is 15.2. The Labute approximate surface area is 196 Å². The number of anilines is 1. The molecular formula is C23H24Cl2FN5O. The summed E-state index contributed by atoms with van der Waals surface area (Å²) in [4.78, 5) is 6.64. The van der Waals surface area contributed by atoms with Gasteiger partial charge in [-0.25, -0.2) is 9.37 Å². The van der Waals surface area contributed by atoms with Crippen LogP contribution in [0.3, 0.4) is 0 Å². The molecule has 5 rings (SSSR count). The van der Waals surface area contributed by atoms with Crippen LogP contribution in [0.15, 0.2) is 36.8 Å². The van der Waals surface area contributed by atoms with E-state index in [-0.39, 0.29) is 10.8 Å². The lowest BCUT2D eigenvalue weighted by molar-refractivity contribution is -0.0786. The predicted molar refractivity (Wildman–Crippen MR) is 124 cm³/mol. The molecule has 3 aromatic rings. The second kappa shape index (κ2) is 7.90. The SMILES string of the molecule is C[C@H](Oc1cc(-c2cnn(C3CC4(C3)CN(C)C4)c2)cnc1N)c1c(Cl)ccc(F)c1Cl. The number of nitrogens with zero attached hydrogens (tertiary/aromatic N) is 4. The second-order valence-corrected chi connectivity index (χ2v) is 9.85. The second-order valence-electron chi connectivity index (χ2n) is 9.07. The van der Waals surface area contributed by atoms with Crippen molar-refractivity contribution >= 4 is 29.0 Å². The largest absolute Gasteiger partial charge is 0.482 e. The van der Waals surface area contributed by atoms with Crippen LogP contribution < -0.4 is 10.5 Å². The number of benzene rings is 1. The molecule has 2 fully saturated rings. The Morgan fingerprint density at radius 3 is 2.69 bits per heavy atom. The number of nitrogens with two attached hydrogens (primary N) is 1. The highest BCUT2D eigenvalue weighted by atomic mass is 35.5. The van der Waals surface area contributed by atoms with Gasteiger partial charge in [-0.3, -0.25) is 4.68 Å². The third-order valence-corrected chi connectivity index (χ3v) is 7.24. The number of hydrogen-bond acceptors (Lipinski definition) is 5. The fourth-order valence-electron chi connectivity index (χ4n) is 5.04. The van der Waals surface area contributed by atoms with Crippen molar-refractivity contribution in [3.8, 4) is 16.9 Å². The number of nitrogen functional groups attached to an aromatic ring is 1. The summed E-state index contributed by atoms with van der Waals surface area (Å²) in [5, 5.41) is 4.84. The van der Waals surface area contributed by atoms with Gasteiger partial charge in [-0.15, -0.1) is 0 Å². The Hall–Kier alpha value is -2.35. The molecule has 2 N–H and O–H groups in total. The van der Waals surface area contributed by atoms with Gasteiger partial charge >= 0.3 is 0 Å². The third kappa shape index (κ3) is 3.72. The van der Waals surface area contributed by atoms with Gasteiger partial charge in [0.1, 0.15) is 11.9 Å². The minimum atomic E-state index is -0.625. The van der Waals surface area contributed by atoms with Crippen molar-refractivity contribution in [2.24, 2.45) is 5.41 Å². The number of rotatable bonds is 5. The number of aromatic nitrogens is 3. The standard InChI is InChI=1S/C23H24Cl2FN5O/c1-13(20-17(24)3-4-18(26)21(20)25)32-19-5-14(8-28-22(19)27)15-9-29-31(10-15)16-6-23(7-16)11-30(2)12-23/h3-5,8-10,13,16H,6-7,11-12H2,1-2H3,(H2,27,28)/t13-/m0/s1. The van der Waals surface area contributed by atoms with E-state index in [4.69, 9.17) is 33.7 Å². The van der Waals surface area contributed by atoms with Crippen molar-refractivity contribution in [3.05, 3.63) is 58.2 Å². The van der Waals surface area contributed by atoms with Crippen LogP contribution in [0.25, 0.3) is 11.1 Å². The summed E-state index contributed by atoms with van der Waals surface area (Å²) in [5.41, 5.74) is 8.67. The minimum Gasteiger partial charge on any atom is -0.482 e. The number of pyridine rings is 1. The molecule has 0 amide bonds. The summed E-state index contributed by atoms with van der Waals surface area (Å²) in [6.45, 7) is 4.09. The summed E-state index contributed by atoms with van der Waals surface area (Å²) < 4.78 is 22.0. The van der Waals surface area contributed by atoms with Gasteiger partial charge in [-0.2, -0.15) is 5.10 Å². The number of likely N-dealkylation sites (tertiary alicyclic amines) is 1. The molecular weight excluding hydrogens is 452 g/mol. The maximum atomic E-state index is 13.9. The first-order valence-corrected chi connectivity index (χ1v) is 11.3. The fraction of sp³-hybridized carbons (Fsp3) is 0.391. The lowest BCUT2D eigenvalue weighted by Crippen LogP contribution is -2.60. The molecule has 1 saturated carbocycles. The first kappa shape index (κ1) is 21.5. The highest BCUT2D eigenvalue weighted by Gasteiger charge is 2.51. The van der Waals surface area contributed by atoms with Crippen molar-refractivity contribution in [1.82, 2.24) is 19.7 Å². The highest BCUT2D eigenvalue weighted by molar-refractivity contribution is 6.36. The van der Waals surface area contributed by atoms with E-state index in [1.165, 1.54) is 38.1 Å². The molecule has 32 heavy (non-hydrogen) atoms. The summed E-state index contributed by atoms with van der Waals surface area (Å²) >= 11 is 12.4. The summed E-state index contributed by atoms with van der Waals surface area (Å²) in [5.74, 6) is 0.0472. The van der Waals surface area contributed by atoms with Crippen LogP contribution in [-0.2, 0) is 0 Å². The Morgan fingerprint density at radius 2 is 1.97 bits per heavy atom. The van der Waals surface area contributed by atoms with Gasteiger partial charge in [0.05, 0.1) is 17.3 Å². The maximum Gasteiger partial charge on any atom is 0.166 e. The van der Waals surface area contributed by atoms with E-state index in [2.05, 4.69) is 22.0 Å². The number of ether oxygens (including phenoxy) is 1. The molecule has 9 heteroatoms.